The standard InChI is InChI=1S/C13H9BrFNO3/c14-8-9-3-1-6-12(15)13(9)19-11-5-2-4-10(7-11)16(17)18/h1-7H,8H2. The predicted octanol–water partition coefficient (Wildman–Crippen LogP) is 4.42. The molecule has 2 aromatic carbocycles. The first-order chi connectivity index (χ1) is 9.11. The van der Waals surface area contributed by atoms with E-state index in [9.17, 15) is 14.5 Å². The van der Waals surface area contributed by atoms with Gasteiger partial charge in [0.05, 0.1) is 11.0 Å². The Balaban J connectivity index is 2.36. The van der Waals surface area contributed by atoms with Crippen molar-refractivity contribution in [3.8, 4) is 11.5 Å². The Morgan fingerprint density at radius 3 is 2.68 bits per heavy atom. The van der Waals surface area contributed by atoms with Gasteiger partial charge in [-0.2, -0.15) is 0 Å². The van der Waals surface area contributed by atoms with E-state index < -0.39 is 10.7 Å². The number of ether oxygens (including phenoxy) is 1. The number of nitrogens with zero attached hydrogens (tertiary/aromatic N) is 1. The molecule has 0 aliphatic carbocycles. The van der Waals surface area contributed by atoms with Crippen LogP contribution in [0.25, 0.3) is 0 Å². The highest BCUT2D eigenvalue weighted by Gasteiger charge is 2.12. The summed E-state index contributed by atoms with van der Waals surface area (Å²) >= 11 is 3.24. The number of nitro benzene ring substituents is 1. The fourth-order valence-corrected chi connectivity index (χ4v) is 1.99. The number of para-hydroxylation sites is 1. The Hall–Kier alpha value is -1.95. The number of hydrogen-bond acceptors (Lipinski definition) is 3. The summed E-state index contributed by atoms with van der Waals surface area (Å²) in [5, 5.41) is 11.1. The molecule has 0 heterocycles. The molecule has 0 fully saturated rings. The first-order valence-corrected chi connectivity index (χ1v) is 6.49. The lowest BCUT2D eigenvalue weighted by Gasteiger charge is -2.10. The van der Waals surface area contributed by atoms with E-state index in [1.165, 1.54) is 30.3 Å². The zero-order valence-electron chi connectivity index (χ0n) is 9.68. The van der Waals surface area contributed by atoms with Gasteiger partial charge in [-0.05, 0) is 12.1 Å². The quantitative estimate of drug-likeness (QED) is 0.475. The van der Waals surface area contributed by atoms with Crippen molar-refractivity contribution >= 4 is 21.6 Å². The molecule has 0 atom stereocenters. The Morgan fingerprint density at radius 1 is 1.26 bits per heavy atom. The normalized spacial score (nSPS) is 10.2. The first kappa shape index (κ1) is 13.5. The van der Waals surface area contributed by atoms with Crippen LogP contribution in [0.4, 0.5) is 10.1 Å². The number of rotatable bonds is 4. The van der Waals surface area contributed by atoms with Gasteiger partial charge >= 0.3 is 0 Å². The topological polar surface area (TPSA) is 52.4 Å². The van der Waals surface area contributed by atoms with Crippen LogP contribution in [0.1, 0.15) is 5.56 Å². The molecule has 0 saturated heterocycles. The summed E-state index contributed by atoms with van der Waals surface area (Å²) in [6, 6.07) is 10.2. The van der Waals surface area contributed by atoms with Crippen LogP contribution in [0, 0.1) is 15.9 Å². The summed E-state index contributed by atoms with van der Waals surface area (Å²) in [5.74, 6) is -0.218. The third kappa shape index (κ3) is 3.08. The minimum atomic E-state index is -0.528. The monoisotopic (exact) mass is 325 g/mol. The van der Waals surface area contributed by atoms with Crippen molar-refractivity contribution < 1.29 is 14.1 Å². The fourth-order valence-electron chi connectivity index (χ4n) is 1.55. The minimum Gasteiger partial charge on any atom is -0.454 e. The van der Waals surface area contributed by atoms with Gasteiger partial charge in [0, 0.05) is 17.0 Å². The van der Waals surface area contributed by atoms with Crippen LogP contribution in [-0.2, 0) is 5.33 Å². The van der Waals surface area contributed by atoms with E-state index >= 15 is 0 Å². The highest BCUT2D eigenvalue weighted by Crippen LogP contribution is 2.31. The average Bonchev–Trinajstić information content (AvgIpc) is 2.41. The largest absolute Gasteiger partial charge is 0.454 e. The lowest BCUT2D eigenvalue weighted by atomic mass is 10.2. The predicted molar refractivity (Wildman–Crippen MR) is 72.2 cm³/mol. The van der Waals surface area contributed by atoms with Gasteiger partial charge in [-0.3, -0.25) is 10.1 Å². The molecule has 0 aliphatic heterocycles. The zero-order valence-corrected chi connectivity index (χ0v) is 11.3. The van der Waals surface area contributed by atoms with Gasteiger partial charge in [0.25, 0.3) is 5.69 Å². The summed E-state index contributed by atoms with van der Waals surface area (Å²) in [4.78, 5) is 10.1. The Labute approximate surface area is 117 Å². The maximum Gasteiger partial charge on any atom is 0.273 e. The maximum atomic E-state index is 13.7. The van der Waals surface area contributed by atoms with Crippen molar-refractivity contribution in [2.45, 2.75) is 5.33 Å². The summed E-state index contributed by atoms with van der Waals surface area (Å²) in [6.07, 6.45) is 0. The SMILES string of the molecule is O=[N+]([O-])c1cccc(Oc2c(F)cccc2CBr)c1. The van der Waals surface area contributed by atoms with Crippen molar-refractivity contribution in [1.82, 2.24) is 0 Å². The number of non-ortho nitro benzene ring substituents is 1. The molecule has 0 saturated carbocycles. The molecular weight excluding hydrogens is 317 g/mol. The lowest BCUT2D eigenvalue weighted by molar-refractivity contribution is -0.384. The maximum absolute atomic E-state index is 13.7. The van der Waals surface area contributed by atoms with Crippen molar-refractivity contribution in [1.29, 1.82) is 0 Å². The van der Waals surface area contributed by atoms with Crippen molar-refractivity contribution in [3.05, 3.63) is 64.0 Å². The summed E-state index contributed by atoms with van der Waals surface area (Å²) in [7, 11) is 0. The van der Waals surface area contributed by atoms with Gasteiger partial charge in [-0.15, -0.1) is 0 Å². The van der Waals surface area contributed by atoms with E-state index in [2.05, 4.69) is 15.9 Å². The molecule has 0 spiro atoms. The van der Waals surface area contributed by atoms with E-state index in [1.807, 2.05) is 0 Å². The van der Waals surface area contributed by atoms with E-state index in [0.29, 0.717) is 10.9 Å². The molecule has 4 nitrogen and oxygen atoms in total. The molecular formula is C13H9BrFNO3. The molecule has 0 amide bonds. The highest BCUT2D eigenvalue weighted by atomic mass is 79.9. The Bertz CT molecular complexity index is 619. The van der Waals surface area contributed by atoms with E-state index in [1.54, 1.807) is 12.1 Å². The smallest absolute Gasteiger partial charge is 0.273 e. The molecule has 0 bridgehead atoms. The molecule has 2 aromatic rings. The molecule has 0 radical (unpaired) electrons. The molecule has 0 aromatic heterocycles. The summed E-state index contributed by atoms with van der Waals surface area (Å²) in [5.41, 5.74) is 0.528. The van der Waals surface area contributed by atoms with E-state index in [-0.39, 0.29) is 17.2 Å². The van der Waals surface area contributed by atoms with Crippen LogP contribution in [0.5, 0.6) is 11.5 Å². The van der Waals surface area contributed by atoms with Gasteiger partial charge in [0.15, 0.2) is 11.6 Å². The minimum absolute atomic E-state index is 0.0693. The Morgan fingerprint density at radius 2 is 2.00 bits per heavy atom. The number of nitro groups is 1. The second-order valence-corrected chi connectivity index (χ2v) is 4.28. The number of hydrogen-bond donors (Lipinski definition) is 0. The van der Waals surface area contributed by atoms with Crippen LogP contribution in [0.2, 0.25) is 0 Å². The van der Waals surface area contributed by atoms with Gasteiger partial charge in [-0.25, -0.2) is 4.39 Å². The number of alkyl halides is 1. The molecule has 2 rings (SSSR count). The van der Waals surface area contributed by atoms with Crippen molar-refractivity contribution in [2.75, 3.05) is 0 Å². The summed E-state index contributed by atoms with van der Waals surface area (Å²) in [6.45, 7) is 0. The summed E-state index contributed by atoms with van der Waals surface area (Å²) < 4.78 is 19.1. The van der Waals surface area contributed by atoms with Gasteiger partial charge in [0.2, 0.25) is 0 Å². The van der Waals surface area contributed by atoms with Crippen LogP contribution >= 0.6 is 15.9 Å². The van der Waals surface area contributed by atoms with Crippen LogP contribution in [0.15, 0.2) is 42.5 Å². The van der Waals surface area contributed by atoms with E-state index in [0.717, 1.165) is 0 Å². The van der Waals surface area contributed by atoms with Crippen molar-refractivity contribution in [2.24, 2.45) is 0 Å². The highest BCUT2D eigenvalue weighted by molar-refractivity contribution is 9.08. The van der Waals surface area contributed by atoms with Crippen LogP contribution < -0.4 is 4.74 Å². The third-order valence-corrected chi connectivity index (χ3v) is 3.04. The van der Waals surface area contributed by atoms with Gasteiger partial charge in [-0.1, -0.05) is 34.1 Å². The molecule has 0 N–H and O–H groups in total. The number of benzene rings is 2. The average molecular weight is 326 g/mol. The third-order valence-electron chi connectivity index (χ3n) is 2.44. The van der Waals surface area contributed by atoms with Crippen molar-refractivity contribution in [3.63, 3.8) is 0 Å². The van der Waals surface area contributed by atoms with E-state index in [4.69, 9.17) is 4.74 Å². The molecule has 0 unspecified atom stereocenters. The molecule has 6 heteroatoms. The molecule has 0 aliphatic rings. The lowest BCUT2D eigenvalue weighted by Crippen LogP contribution is -1.94. The number of halogens is 2. The zero-order chi connectivity index (χ0) is 13.8. The fraction of sp³-hybridized carbons (Fsp3) is 0.0769. The molecule has 19 heavy (non-hydrogen) atoms. The Kier molecular flexibility index (Phi) is 4.11. The molecule has 98 valence electrons. The van der Waals surface area contributed by atoms with Crippen LogP contribution in [0.3, 0.4) is 0 Å². The van der Waals surface area contributed by atoms with Gasteiger partial charge in [0.1, 0.15) is 5.75 Å². The second-order valence-electron chi connectivity index (χ2n) is 3.72. The van der Waals surface area contributed by atoms with Crippen LogP contribution in [-0.4, -0.2) is 4.92 Å². The first-order valence-electron chi connectivity index (χ1n) is 5.37. The van der Waals surface area contributed by atoms with Gasteiger partial charge < -0.3 is 4.74 Å². The second kappa shape index (κ2) is 5.79.